The summed E-state index contributed by atoms with van der Waals surface area (Å²) in [5.41, 5.74) is 3.43. The summed E-state index contributed by atoms with van der Waals surface area (Å²) in [6.45, 7) is 4.06. The lowest BCUT2D eigenvalue weighted by molar-refractivity contribution is 0.0593. The van der Waals surface area contributed by atoms with Crippen LogP contribution in [0.2, 0.25) is 0 Å². The topological polar surface area (TPSA) is 64.1 Å². The summed E-state index contributed by atoms with van der Waals surface area (Å²) in [6, 6.07) is 5.95. The molecule has 1 aromatic heterocycles. The van der Waals surface area contributed by atoms with Crippen LogP contribution in [-0.4, -0.2) is 23.0 Å². The van der Waals surface area contributed by atoms with Gasteiger partial charge < -0.3 is 10.1 Å². The highest BCUT2D eigenvalue weighted by molar-refractivity contribution is 5.87. The summed E-state index contributed by atoms with van der Waals surface area (Å²) in [7, 11) is 1.31. The zero-order valence-electron chi connectivity index (χ0n) is 11.1. The largest absolute Gasteiger partial charge is 0.464 e. The van der Waals surface area contributed by atoms with E-state index in [1.807, 2.05) is 32.0 Å². The molecule has 0 aliphatic heterocycles. The molecule has 0 saturated carbocycles. The predicted molar refractivity (Wildman–Crippen MR) is 72.6 cm³/mol. The first-order valence-corrected chi connectivity index (χ1v) is 5.85. The number of hydrogen-bond donors (Lipinski definition) is 1. The summed E-state index contributed by atoms with van der Waals surface area (Å²) in [5.74, 6) is 0.00807. The van der Waals surface area contributed by atoms with Gasteiger partial charge in [0.05, 0.1) is 19.5 Å². The van der Waals surface area contributed by atoms with Crippen molar-refractivity contribution in [3.8, 4) is 0 Å². The third kappa shape index (κ3) is 2.88. The van der Waals surface area contributed by atoms with Crippen molar-refractivity contribution < 1.29 is 9.53 Å². The minimum absolute atomic E-state index is 0.179. The molecule has 0 bridgehead atoms. The third-order valence-electron chi connectivity index (χ3n) is 2.90. The van der Waals surface area contributed by atoms with Gasteiger partial charge in [-0.2, -0.15) is 0 Å². The summed E-state index contributed by atoms with van der Waals surface area (Å²) in [6.07, 6.45) is 2.94. The first-order chi connectivity index (χ1) is 9.11. The van der Waals surface area contributed by atoms with Crippen LogP contribution in [0.3, 0.4) is 0 Å². The maximum atomic E-state index is 11.4. The third-order valence-corrected chi connectivity index (χ3v) is 2.90. The Kier molecular flexibility index (Phi) is 3.75. The number of carbonyl (C=O) groups is 1. The molecule has 1 heterocycles. The van der Waals surface area contributed by atoms with Crippen LogP contribution in [0.5, 0.6) is 0 Å². The van der Waals surface area contributed by atoms with Crippen molar-refractivity contribution in [1.29, 1.82) is 0 Å². The van der Waals surface area contributed by atoms with Gasteiger partial charge in [0.25, 0.3) is 0 Å². The normalized spacial score (nSPS) is 10.1. The van der Waals surface area contributed by atoms with Crippen molar-refractivity contribution in [2.45, 2.75) is 13.8 Å². The summed E-state index contributed by atoms with van der Waals surface area (Å²) < 4.78 is 4.62. The van der Waals surface area contributed by atoms with Crippen molar-refractivity contribution >= 4 is 17.5 Å². The number of aryl methyl sites for hydroxylation is 1. The van der Waals surface area contributed by atoms with Crippen molar-refractivity contribution in [2.24, 2.45) is 0 Å². The number of esters is 1. The summed E-state index contributed by atoms with van der Waals surface area (Å²) >= 11 is 0. The Bertz CT molecular complexity index is 611. The number of ether oxygens (including phenoxy) is 1. The number of nitrogens with zero attached hydrogens (tertiary/aromatic N) is 2. The van der Waals surface area contributed by atoms with Crippen LogP contribution >= 0.6 is 0 Å². The van der Waals surface area contributed by atoms with E-state index in [1.165, 1.54) is 18.9 Å². The van der Waals surface area contributed by atoms with Crippen LogP contribution in [0, 0.1) is 13.8 Å². The van der Waals surface area contributed by atoms with Gasteiger partial charge in [0.15, 0.2) is 5.69 Å². The summed E-state index contributed by atoms with van der Waals surface area (Å²) in [5, 5.41) is 3.15. The molecule has 0 unspecified atom stereocenters. The van der Waals surface area contributed by atoms with Gasteiger partial charge in [0, 0.05) is 5.69 Å². The Balaban J connectivity index is 2.28. The fourth-order valence-electron chi connectivity index (χ4n) is 1.65. The SMILES string of the molecule is COC(=O)c1cncc(Nc2cccc(C)c2C)n1. The lowest BCUT2D eigenvalue weighted by Crippen LogP contribution is -2.07. The van der Waals surface area contributed by atoms with E-state index < -0.39 is 5.97 Å². The van der Waals surface area contributed by atoms with Crippen molar-refractivity contribution in [3.05, 3.63) is 47.4 Å². The van der Waals surface area contributed by atoms with Gasteiger partial charge in [-0.25, -0.2) is 9.78 Å². The Hall–Kier alpha value is -2.43. The van der Waals surface area contributed by atoms with E-state index in [9.17, 15) is 4.79 Å². The Morgan fingerprint density at radius 3 is 2.79 bits per heavy atom. The van der Waals surface area contributed by atoms with Crippen LogP contribution in [0.15, 0.2) is 30.6 Å². The zero-order valence-corrected chi connectivity index (χ0v) is 11.1. The number of nitrogens with one attached hydrogen (secondary N) is 1. The second kappa shape index (κ2) is 5.48. The Morgan fingerprint density at radius 2 is 2.05 bits per heavy atom. The molecule has 0 radical (unpaired) electrons. The molecule has 0 spiro atoms. The predicted octanol–water partition coefficient (Wildman–Crippen LogP) is 2.62. The van der Waals surface area contributed by atoms with E-state index in [0.717, 1.165) is 11.3 Å². The quantitative estimate of drug-likeness (QED) is 0.856. The molecule has 19 heavy (non-hydrogen) atoms. The first-order valence-electron chi connectivity index (χ1n) is 5.85. The van der Waals surface area contributed by atoms with Crippen molar-refractivity contribution in [3.63, 3.8) is 0 Å². The lowest BCUT2D eigenvalue weighted by Gasteiger charge is -2.10. The van der Waals surface area contributed by atoms with Gasteiger partial charge in [-0.05, 0) is 31.0 Å². The first kappa shape index (κ1) is 13.0. The van der Waals surface area contributed by atoms with Crippen molar-refractivity contribution in [2.75, 3.05) is 12.4 Å². The van der Waals surface area contributed by atoms with Crippen LogP contribution in [-0.2, 0) is 4.74 Å². The number of benzene rings is 1. The summed E-state index contributed by atoms with van der Waals surface area (Å²) in [4.78, 5) is 19.5. The highest BCUT2D eigenvalue weighted by atomic mass is 16.5. The number of methoxy groups -OCH3 is 1. The highest BCUT2D eigenvalue weighted by Gasteiger charge is 2.09. The lowest BCUT2D eigenvalue weighted by atomic mass is 10.1. The molecule has 1 aromatic carbocycles. The van der Waals surface area contributed by atoms with Gasteiger partial charge in [-0.1, -0.05) is 12.1 Å². The second-order valence-electron chi connectivity index (χ2n) is 4.15. The maximum absolute atomic E-state index is 11.4. The minimum atomic E-state index is -0.503. The molecule has 1 N–H and O–H groups in total. The molecule has 5 nitrogen and oxygen atoms in total. The van der Waals surface area contributed by atoms with E-state index in [4.69, 9.17) is 0 Å². The maximum Gasteiger partial charge on any atom is 0.358 e. The fourth-order valence-corrected chi connectivity index (χ4v) is 1.65. The smallest absolute Gasteiger partial charge is 0.358 e. The van der Waals surface area contributed by atoms with Gasteiger partial charge >= 0.3 is 5.97 Å². The molecule has 2 rings (SSSR count). The van der Waals surface area contributed by atoms with Crippen molar-refractivity contribution in [1.82, 2.24) is 9.97 Å². The van der Waals surface area contributed by atoms with E-state index in [0.29, 0.717) is 5.82 Å². The zero-order chi connectivity index (χ0) is 13.8. The molecule has 0 saturated heterocycles. The number of rotatable bonds is 3. The van der Waals surface area contributed by atoms with E-state index in [-0.39, 0.29) is 5.69 Å². The van der Waals surface area contributed by atoms with Gasteiger partial charge in [-0.15, -0.1) is 0 Å². The number of hydrogen-bond acceptors (Lipinski definition) is 5. The van der Waals surface area contributed by atoms with E-state index in [2.05, 4.69) is 20.0 Å². The number of anilines is 2. The molecule has 0 aliphatic carbocycles. The van der Waals surface area contributed by atoms with Crippen LogP contribution < -0.4 is 5.32 Å². The molecule has 2 aromatic rings. The average molecular weight is 257 g/mol. The average Bonchev–Trinajstić information content (AvgIpc) is 2.43. The van der Waals surface area contributed by atoms with Gasteiger partial charge in [0.2, 0.25) is 0 Å². The Labute approximate surface area is 111 Å². The molecular formula is C14H15N3O2. The van der Waals surface area contributed by atoms with Gasteiger partial charge in [-0.3, -0.25) is 4.98 Å². The fraction of sp³-hybridized carbons (Fsp3) is 0.214. The van der Waals surface area contributed by atoms with Crippen LogP contribution in [0.1, 0.15) is 21.6 Å². The molecule has 0 atom stereocenters. The molecule has 5 heteroatoms. The number of aromatic nitrogens is 2. The molecular weight excluding hydrogens is 242 g/mol. The number of carbonyl (C=O) groups excluding carboxylic acids is 1. The minimum Gasteiger partial charge on any atom is -0.464 e. The van der Waals surface area contributed by atoms with Crippen LogP contribution in [0.4, 0.5) is 11.5 Å². The molecule has 0 fully saturated rings. The second-order valence-corrected chi connectivity index (χ2v) is 4.15. The Morgan fingerprint density at radius 1 is 1.26 bits per heavy atom. The van der Waals surface area contributed by atoms with E-state index >= 15 is 0 Å². The monoisotopic (exact) mass is 257 g/mol. The molecule has 98 valence electrons. The highest BCUT2D eigenvalue weighted by Crippen LogP contribution is 2.21. The standard InChI is InChI=1S/C14H15N3O2/c1-9-5-4-6-11(10(9)2)16-13-8-15-7-12(17-13)14(18)19-3/h4-8H,1-3H3,(H,16,17). The van der Waals surface area contributed by atoms with Crippen LogP contribution in [0.25, 0.3) is 0 Å². The molecule has 0 amide bonds. The van der Waals surface area contributed by atoms with E-state index in [1.54, 1.807) is 6.20 Å². The van der Waals surface area contributed by atoms with Gasteiger partial charge in [0.1, 0.15) is 5.82 Å². The molecule has 0 aliphatic rings.